The molecule has 2 aromatic carbocycles. The number of benzene rings is 2. The molecular weight excluding hydrogens is 360 g/mol. The van der Waals surface area contributed by atoms with Crippen molar-refractivity contribution in [2.24, 2.45) is 0 Å². The molecule has 5 nitrogen and oxygen atoms in total. The zero-order valence-corrected chi connectivity index (χ0v) is 15.2. The maximum absolute atomic E-state index is 12.6. The molecule has 0 radical (unpaired) electrons. The molecule has 3 rings (SSSR count). The fourth-order valence-corrected chi connectivity index (χ4v) is 4.51. The van der Waals surface area contributed by atoms with E-state index in [0.717, 1.165) is 19.3 Å². The molecular formula is C18H19ClN2O3S. The van der Waals surface area contributed by atoms with Crippen molar-refractivity contribution >= 4 is 33.2 Å². The first-order valence-corrected chi connectivity index (χ1v) is 9.96. The number of halogens is 1. The Kier molecular flexibility index (Phi) is 5.42. The fourth-order valence-electron chi connectivity index (χ4n) is 2.80. The molecule has 25 heavy (non-hydrogen) atoms. The van der Waals surface area contributed by atoms with Crippen LogP contribution in [0.2, 0.25) is 5.02 Å². The predicted octanol–water partition coefficient (Wildman–Crippen LogP) is 3.77. The SMILES string of the molecule is O=C(Nc1cccc(Cl)c1)c1ccc(S(=O)(=O)N2CCCCC2)cc1. The van der Waals surface area contributed by atoms with Crippen LogP contribution >= 0.6 is 11.6 Å². The van der Waals surface area contributed by atoms with E-state index in [2.05, 4.69) is 5.32 Å². The minimum atomic E-state index is -3.48. The van der Waals surface area contributed by atoms with Gasteiger partial charge in [0, 0.05) is 29.4 Å². The van der Waals surface area contributed by atoms with Crippen LogP contribution in [0.25, 0.3) is 0 Å². The van der Waals surface area contributed by atoms with Crippen molar-refractivity contribution in [2.45, 2.75) is 24.2 Å². The van der Waals surface area contributed by atoms with E-state index in [0.29, 0.717) is 29.4 Å². The van der Waals surface area contributed by atoms with Crippen molar-refractivity contribution in [3.63, 3.8) is 0 Å². The van der Waals surface area contributed by atoms with Gasteiger partial charge < -0.3 is 5.32 Å². The van der Waals surface area contributed by atoms with Crippen LogP contribution in [0, 0.1) is 0 Å². The normalized spacial score (nSPS) is 15.7. The summed E-state index contributed by atoms with van der Waals surface area (Å²) in [6, 6.07) is 12.9. The standard InChI is InChI=1S/C18H19ClN2O3S/c19-15-5-4-6-16(13-15)20-18(22)14-7-9-17(10-8-14)25(23,24)21-11-2-1-3-12-21/h4-10,13H,1-3,11-12H2,(H,20,22). The maximum Gasteiger partial charge on any atom is 0.255 e. The average molecular weight is 379 g/mol. The van der Waals surface area contributed by atoms with Gasteiger partial charge in [0.15, 0.2) is 0 Å². The van der Waals surface area contributed by atoms with Crippen molar-refractivity contribution in [2.75, 3.05) is 18.4 Å². The molecule has 1 saturated heterocycles. The number of carbonyl (C=O) groups excluding carboxylic acids is 1. The van der Waals surface area contributed by atoms with Gasteiger partial charge in [-0.25, -0.2) is 8.42 Å². The molecule has 0 atom stereocenters. The monoisotopic (exact) mass is 378 g/mol. The third kappa shape index (κ3) is 4.21. The fraction of sp³-hybridized carbons (Fsp3) is 0.278. The third-order valence-electron chi connectivity index (χ3n) is 4.15. The number of amides is 1. The molecule has 0 spiro atoms. The Hall–Kier alpha value is -1.89. The quantitative estimate of drug-likeness (QED) is 0.880. The van der Waals surface area contributed by atoms with Gasteiger partial charge in [-0.2, -0.15) is 4.31 Å². The first-order chi connectivity index (χ1) is 12.0. The number of hydrogen-bond acceptors (Lipinski definition) is 3. The number of carbonyl (C=O) groups is 1. The highest BCUT2D eigenvalue weighted by atomic mass is 35.5. The van der Waals surface area contributed by atoms with Gasteiger partial charge in [-0.15, -0.1) is 0 Å². The smallest absolute Gasteiger partial charge is 0.255 e. The minimum absolute atomic E-state index is 0.216. The minimum Gasteiger partial charge on any atom is -0.322 e. The zero-order chi connectivity index (χ0) is 17.9. The Morgan fingerprint density at radius 2 is 1.68 bits per heavy atom. The molecule has 0 bridgehead atoms. The number of sulfonamides is 1. The van der Waals surface area contributed by atoms with Crippen molar-refractivity contribution < 1.29 is 13.2 Å². The van der Waals surface area contributed by atoms with E-state index in [4.69, 9.17) is 11.6 Å². The zero-order valence-electron chi connectivity index (χ0n) is 13.6. The Balaban J connectivity index is 1.74. The van der Waals surface area contributed by atoms with Gasteiger partial charge in [-0.3, -0.25) is 4.79 Å². The van der Waals surface area contributed by atoms with Crippen LogP contribution in [0.5, 0.6) is 0 Å². The summed E-state index contributed by atoms with van der Waals surface area (Å²) >= 11 is 5.90. The second-order valence-corrected chi connectivity index (χ2v) is 8.33. The lowest BCUT2D eigenvalue weighted by Crippen LogP contribution is -2.35. The Morgan fingerprint density at radius 1 is 1.00 bits per heavy atom. The van der Waals surface area contributed by atoms with Crippen LogP contribution in [-0.4, -0.2) is 31.7 Å². The summed E-state index contributed by atoms with van der Waals surface area (Å²) in [5, 5.41) is 3.27. The molecule has 0 aliphatic carbocycles. The topological polar surface area (TPSA) is 66.5 Å². The van der Waals surface area contributed by atoms with Crippen LogP contribution in [0.4, 0.5) is 5.69 Å². The molecule has 1 aliphatic rings. The molecule has 1 fully saturated rings. The number of rotatable bonds is 4. The third-order valence-corrected chi connectivity index (χ3v) is 6.30. The number of hydrogen-bond donors (Lipinski definition) is 1. The highest BCUT2D eigenvalue weighted by molar-refractivity contribution is 7.89. The van der Waals surface area contributed by atoms with E-state index in [1.165, 1.54) is 28.6 Å². The Morgan fingerprint density at radius 3 is 2.32 bits per heavy atom. The van der Waals surface area contributed by atoms with Crippen molar-refractivity contribution in [1.82, 2.24) is 4.31 Å². The first kappa shape index (κ1) is 17.9. The number of anilines is 1. The molecule has 1 heterocycles. The predicted molar refractivity (Wildman–Crippen MR) is 98.5 cm³/mol. The van der Waals surface area contributed by atoms with E-state index in [9.17, 15) is 13.2 Å². The van der Waals surface area contributed by atoms with E-state index >= 15 is 0 Å². The van der Waals surface area contributed by atoms with Crippen molar-refractivity contribution in [3.05, 3.63) is 59.1 Å². The van der Waals surface area contributed by atoms with Gasteiger partial charge in [0.1, 0.15) is 0 Å². The highest BCUT2D eigenvalue weighted by Crippen LogP contribution is 2.21. The van der Waals surface area contributed by atoms with Crippen molar-refractivity contribution in [3.8, 4) is 0 Å². The van der Waals surface area contributed by atoms with Gasteiger partial charge >= 0.3 is 0 Å². The van der Waals surface area contributed by atoms with Crippen LogP contribution in [0.1, 0.15) is 29.6 Å². The lowest BCUT2D eigenvalue weighted by molar-refractivity contribution is 0.102. The van der Waals surface area contributed by atoms with Crippen molar-refractivity contribution in [1.29, 1.82) is 0 Å². The van der Waals surface area contributed by atoms with Gasteiger partial charge in [0.05, 0.1) is 4.90 Å². The van der Waals surface area contributed by atoms with E-state index < -0.39 is 10.0 Å². The van der Waals surface area contributed by atoms with Gasteiger partial charge in [0.25, 0.3) is 5.91 Å². The number of nitrogens with zero attached hydrogens (tertiary/aromatic N) is 1. The molecule has 1 aliphatic heterocycles. The summed E-state index contributed by atoms with van der Waals surface area (Å²) in [7, 11) is -3.48. The molecule has 0 unspecified atom stereocenters. The van der Waals surface area contributed by atoms with E-state index in [1.807, 2.05) is 0 Å². The summed E-state index contributed by atoms with van der Waals surface area (Å²) in [6.07, 6.45) is 2.84. The summed E-state index contributed by atoms with van der Waals surface area (Å²) in [5.74, 6) is -0.316. The molecule has 1 amide bonds. The lowest BCUT2D eigenvalue weighted by Gasteiger charge is -2.25. The first-order valence-electron chi connectivity index (χ1n) is 8.14. The summed E-state index contributed by atoms with van der Waals surface area (Å²) in [5.41, 5.74) is 0.972. The molecule has 1 N–H and O–H groups in total. The number of piperidine rings is 1. The van der Waals surface area contributed by atoms with Gasteiger partial charge in [-0.1, -0.05) is 24.1 Å². The van der Waals surface area contributed by atoms with E-state index in [-0.39, 0.29) is 10.8 Å². The van der Waals surface area contributed by atoms with Gasteiger partial charge in [-0.05, 0) is 55.3 Å². The lowest BCUT2D eigenvalue weighted by atomic mass is 10.2. The molecule has 132 valence electrons. The van der Waals surface area contributed by atoms with Gasteiger partial charge in [0.2, 0.25) is 10.0 Å². The average Bonchev–Trinajstić information content (AvgIpc) is 2.62. The van der Waals surface area contributed by atoms with Crippen LogP contribution in [0.3, 0.4) is 0 Å². The summed E-state index contributed by atoms with van der Waals surface area (Å²) < 4.78 is 26.7. The molecule has 0 aromatic heterocycles. The Bertz CT molecular complexity index is 860. The Labute approximate surface area is 152 Å². The summed E-state index contributed by atoms with van der Waals surface area (Å²) in [4.78, 5) is 12.5. The second-order valence-electron chi connectivity index (χ2n) is 5.95. The van der Waals surface area contributed by atoms with Crippen LogP contribution in [0.15, 0.2) is 53.4 Å². The highest BCUT2D eigenvalue weighted by Gasteiger charge is 2.25. The molecule has 2 aromatic rings. The number of nitrogens with one attached hydrogen (secondary N) is 1. The maximum atomic E-state index is 12.6. The van der Waals surface area contributed by atoms with E-state index in [1.54, 1.807) is 24.3 Å². The second kappa shape index (κ2) is 7.56. The van der Waals surface area contributed by atoms with Crippen LogP contribution in [-0.2, 0) is 10.0 Å². The molecule has 7 heteroatoms. The van der Waals surface area contributed by atoms with Crippen LogP contribution < -0.4 is 5.32 Å². The summed E-state index contributed by atoms with van der Waals surface area (Å²) in [6.45, 7) is 1.11. The molecule has 0 saturated carbocycles. The largest absolute Gasteiger partial charge is 0.322 e.